The van der Waals surface area contributed by atoms with Gasteiger partial charge < -0.3 is 5.11 Å². The first-order chi connectivity index (χ1) is 4.55. The highest BCUT2D eigenvalue weighted by Crippen LogP contribution is 2.07. The molecule has 4 heteroatoms. The first-order valence-electron chi connectivity index (χ1n) is 2.97. The van der Waals surface area contributed by atoms with Crippen molar-refractivity contribution in [2.45, 2.75) is 6.92 Å². The molecule has 0 spiro atoms. The Kier molecular flexibility index (Phi) is 1.31. The van der Waals surface area contributed by atoms with Gasteiger partial charge in [-0.05, 0) is 6.92 Å². The summed E-state index contributed by atoms with van der Waals surface area (Å²) < 4.78 is 2.95. The third-order valence-electron chi connectivity index (χ3n) is 1.77. The number of aromatic hydroxyl groups is 1. The second-order valence-corrected chi connectivity index (χ2v) is 2.29. The number of rotatable bonds is 0. The molecule has 1 aromatic rings. The molecule has 10 heavy (non-hydrogen) atoms. The van der Waals surface area contributed by atoms with E-state index in [9.17, 15) is 4.79 Å². The molecule has 0 bridgehead atoms. The summed E-state index contributed by atoms with van der Waals surface area (Å²) in [6.07, 6.45) is 0. The Labute approximate surface area is 58.3 Å². The first kappa shape index (κ1) is 6.92. The van der Waals surface area contributed by atoms with Crippen molar-refractivity contribution in [3.8, 4) is 5.75 Å². The van der Waals surface area contributed by atoms with E-state index in [1.165, 1.54) is 4.68 Å². The van der Waals surface area contributed by atoms with Crippen LogP contribution in [0.3, 0.4) is 0 Å². The maximum Gasteiger partial charge on any atom is 0.308 e. The van der Waals surface area contributed by atoms with Crippen LogP contribution in [0.5, 0.6) is 5.75 Å². The summed E-state index contributed by atoms with van der Waals surface area (Å²) in [7, 11) is 3.32. The van der Waals surface area contributed by atoms with E-state index in [1.54, 1.807) is 25.7 Å². The monoisotopic (exact) mass is 142 g/mol. The van der Waals surface area contributed by atoms with Gasteiger partial charge in [-0.25, -0.2) is 0 Å². The Balaban J connectivity index is 3.60. The topological polar surface area (TPSA) is 47.2 Å². The molecule has 1 aromatic heterocycles. The molecule has 0 aliphatic heterocycles. The molecule has 0 unspecified atom stereocenters. The van der Waals surface area contributed by atoms with E-state index in [0.717, 1.165) is 0 Å². The van der Waals surface area contributed by atoms with Crippen LogP contribution in [0.2, 0.25) is 0 Å². The summed E-state index contributed by atoms with van der Waals surface area (Å²) in [5.41, 5.74) is 0.243. The lowest BCUT2D eigenvalue weighted by atomic mass is 10.4. The molecule has 0 saturated carbocycles. The Morgan fingerprint density at radius 3 is 1.90 bits per heavy atom. The first-order valence-corrected chi connectivity index (χ1v) is 2.97. The fourth-order valence-electron chi connectivity index (χ4n) is 0.823. The number of hydrogen-bond donors (Lipinski definition) is 1. The van der Waals surface area contributed by atoms with Gasteiger partial charge in [0.25, 0.3) is 0 Å². The van der Waals surface area contributed by atoms with Gasteiger partial charge in [0.05, 0.1) is 5.69 Å². The van der Waals surface area contributed by atoms with Crippen LogP contribution in [0.1, 0.15) is 5.69 Å². The zero-order valence-electron chi connectivity index (χ0n) is 6.25. The summed E-state index contributed by atoms with van der Waals surface area (Å²) in [6.45, 7) is 1.69. The smallest absolute Gasteiger partial charge is 0.308 e. The zero-order chi connectivity index (χ0) is 7.89. The molecule has 4 nitrogen and oxygen atoms in total. The predicted octanol–water partition coefficient (Wildman–Crippen LogP) is -0.262. The average Bonchev–Trinajstić information content (AvgIpc) is 2.07. The van der Waals surface area contributed by atoms with Crippen LogP contribution >= 0.6 is 0 Å². The number of hydrogen-bond acceptors (Lipinski definition) is 2. The minimum atomic E-state index is -0.347. The fraction of sp³-hybridized carbons (Fsp3) is 0.500. The van der Waals surface area contributed by atoms with Crippen molar-refractivity contribution >= 4 is 0 Å². The molecule has 56 valence electrons. The summed E-state index contributed by atoms with van der Waals surface area (Å²) in [4.78, 5) is 10.9. The van der Waals surface area contributed by atoms with Crippen molar-refractivity contribution in [1.29, 1.82) is 0 Å². The van der Waals surface area contributed by atoms with Gasteiger partial charge in [0, 0.05) is 14.1 Å². The molecule has 0 aliphatic carbocycles. The average molecular weight is 142 g/mol. The van der Waals surface area contributed by atoms with Gasteiger partial charge in [0.1, 0.15) is 0 Å². The molecule has 1 N–H and O–H groups in total. The van der Waals surface area contributed by atoms with Gasteiger partial charge in [-0.15, -0.1) is 0 Å². The van der Waals surface area contributed by atoms with E-state index in [-0.39, 0.29) is 11.3 Å². The highest BCUT2D eigenvalue weighted by Gasteiger charge is 2.08. The standard InChI is InChI=1S/C6H10N2O2/c1-4-5(9)6(10)8(3)7(4)2/h9H,1-3H3. The van der Waals surface area contributed by atoms with Crippen LogP contribution < -0.4 is 5.56 Å². The molecule has 0 saturated heterocycles. The van der Waals surface area contributed by atoms with E-state index in [1.807, 2.05) is 0 Å². The summed E-state index contributed by atoms with van der Waals surface area (Å²) in [6, 6.07) is 0. The lowest BCUT2D eigenvalue weighted by Crippen LogP contribution is -2.16. The Morgan fingerprint density at radius 2 is 1.80 bits per heavy atom. The number of aromatic nitrogens is 2. The van der Waals surface area contributed by atoms with Gasteiger partial charge in [0.2, 0.25) is 5.75 Å². The molecule has 0 aliphatic rings. The molecule has 0 radical (unpaired) electrons. The molecule has 0 fully saturated rings. The van der Waals surface area contributed by atoms with Crippen LogP contribution in [0, 0.1) is 6.92 Å². The molecular formula is C6H10N2O2. The van der Waals surface area contributed by atoms with Crippen molar-refractivity contribution in [2.75, 3.05) is 0 Å². The zero-order valence-corrected chi connectivity index (χ0v) is 6.25. The highest BCUT2D eigenvalue weighted by atomic mass is 16.3. The van der Waals surface area contributed by atoms with Gasteiger partial charge in [-0.1, -0.05) is 0 Å². The third-order valence-corrected chi connectivity index (χ3v) is 1.77. The van der Waals surface area contributed by atoms with Crippen molar-refractivity contribution < 1.29 is 5.11 Å². The van der Waals surface area contributed by atoms with Crippen molar-refractivity contribution in [3.63, 3.8) is 0 Å². The minimum Gasteiger partial charge on any atom is -0.502 e. The molecule has 1 heterocycles. The molecule has 0 aromatic carbocycles. The van der Waals surface area contributed by atoms with E-state index in [0.29, 0.717) is 5.69 Å². The lowest BCUT2D eigenvalue weighted by molar-refractivity contribution is 0.464. The largest absolute Gasteiger partial charge is 0.502 e. The van der Waals surface area contributed by atoms with E-state index in [2.05, 4.69) is 0 Å². The van der Waals surface area contributed by atoms with Gasteiger partial charge in [0.15, 0.2) is 0 Å². The van der Waals surface area contributed by atoms with Crippen molar-refractivity contribution in [3.05, 3.63) is 16.0 Å². The molecule has 0 atom stereocenters. The second kappa shape index (κ2) is 1.90. The van der Waals surface area contributed by atoms with Crippen LogP contribution in [0.25, 0.3) is 0 Å². The minimum absolute atomic E-state index is 0.162. The predicted molar refractivity (Wildman–Crippen MR) is 37.1 cm³/mol. The van der Waals surface area contributed by atoms with Gasteiger partial charge in [-0.2, -0.15) is 0 Å². The number of nitrogens with zero attached hydrogens (tertiary/aromatic N) is 2. The molecule has 0 amide bonds. The van der Waals surface area contributed by atoms with Crippen molar-refractivity contribution in [2.24, 2.45) is 14.1 Å². The lowest BCUT2D eigenvalue weighted by Gasteiger charge is -1.98. The molecule has 1 rings (SSSR count). The summed E-state index contributed by atoms with van der Waals surface area (Å²) in [5.74, 6) is -0.162. The Hall–Kier alpha value is -1.19. The SMILES string of the molecule is Cc1c(O)c(=O)n(C)n1C. The Bertz CT molecular complexity index is 280. The van der Waals surface area contributed by atoms with Crippen LogP contribution in [-0.4, -0.2) is 14.5 Å². The third kappa shape index (κ3) is 0.650. The quantitative estimate of drug-likeness (QED) is 0.542. The van der Waals surface area contributed by atoms with E-state index < -0.39 is 0 Å². The van der Waals surface area contributed by atoms with Crippen LogP contribution in [0.4, 0.5) is 0 Å². The maximum absolute atomic E-state index is 10.9. The fourth-order valence-corrected chi connectivity index (χ4v) is 0.823. The van der Waals surface area contributed by atoms with E-state index in [4.69, 9.17) is 5.11 Å². The van der Waals surface area contributed by atoms with Gasteiger partial charge >= 0.3 is 5.56 Å². The molecular weight excluding hydrogens is 132 g/mol. The summed E-state index contributed by atoms with van der Waals surface area (Å²) >= 11 is 0. The maximum atomic E-state index is 10.9. The summed E-state index contributed by atoms with van der Waals surface area (Å²) in [5, 5.41) is 9.05. The Morgan fingerprint density at radius 1 is 1.30 bits per heavy atom. The normalized spacial score (nSPS) is 10.3. The van der Waals surface area contributed by atoms with E-state index >= 15 is 0 Å². The van der Waals surface area contributed by atoms with Gasteiger partial charge in [-0.3, -0.25) is 14.2 Å². The van der Waals surface area contributed by atoms with Crippen LogP contribution in [0.15, 0.2) is 4.79 Å². The highest BCUT2D eigenvalue weighted by molar-refractivity contribution is 5.21. The van der Waals surface area contributed by atoms with Crippen LogP contribution in [-0.2, 0) is 14.1 Å². The van der Waals surface area contributed by atoms with Crippen molar-refractivity contribution in [1.82, 2.24) is 9.36 Å². The second-order valence-electron chi connectivity index (χ2n) is 2.29.